The second-order valence-corrected chi connectivity index (χ2v) is 6.23. The zero-order valence-electron chi connectivity index (χ0n) is 11.1. The molecule has 2 aliphatic carbocycles. The molecular weight excluding hydrogens is 276 g/mol. The van der Waals surface area contributed by atoms with Crippen molar-refractivity contribution in [3.8, 4) is 0 Å². The highest BCUT2D eigenvalue weighted by atomic mass is 32.1. The molecule has 1 fully saturated rings. The van der Waals surface area contributed by atoms with E-state index in [0.29, 0.717) is 6.54 Å². The van der Waals surface area contributed by atoms with E-state index in [0.717, 1.165) is 12.1 Å². The van der Waals surface area contributed by atoms with Crippen LogP contribution >= 0.6 is 11.3 Å². The number of aromatic nitrogens is 1. The lowest BCUT2D eigenvalue weighted by Gasteiger charge is -2.28. The first-order valence-electron chi connectivity index (χ1n) is 6.61. The molecule has 1 aromatic heterocycles. The number of carboxylic acid groups (broad SMARTS) is 1. The van der Waals surface area contributed by atoms with Crippen LogP contribution in [0.2, 0.25) is 0 Å². The molecule has 0 spiro atoms. The van der Waals surface area contributed by atoms with Gasteiger partial charge in [-0.3, -0.25) is 9.59 Å². The third-order valence-corrected chi connectivity index (χ3v) is 4.92. The number of hydrogen-bond acceptors (Lipinski definition) is 4. The summed E-state index contributed by atoms with van der Waals surface area (Å²) in [6.45, 7) is 0.437. The summed E-state index contributed by atoms with van der Waals surface area (Å²) < 4.78 is 0. The number of fused-ring (bicyclic) bond motifs is 2. The fourth-order valence-electron chi connectivity index (χ4n) is 3.39. The van der Waals surface area contributed by atoms with Crippen LogP contribution in [-0.2, 0) is 16.1 Å². The molecule has 20 heavy (non-hydrogen) atoms. The molecule has 1 aromatic rings. The molecule has 106 valence electrons. The molecule has 4 atom stereocenters. The number of amides is 1. The Labute approximate surface area is 120 Å². The van der Waals surface area contributed by atoms with Crippen LogP contribution in [0, 0.1) is 23.7 Å². The molecule has 1 heterocycles. The first kappa shape index (κ1) is 13.3. The summed E-state index contributed by atoms with van der Waals surface area (Å²) in [6, 6.07) is 0. The van der Waals surface area contributed by atoms with Gasteiger partial charge in [-0.15, -0.1) is 11.3 Å². The summed E-state index contributed by atoms with van der Waals surface area (Å²) >= 11 is 1.49. The predicted octanol–water partition coefficient (Wildman–Crippen LogP) is 1.62. The van der Waals surface area contributed by atoms with Crippen LogP contribution in [0.1, 0.15) is 12.1 Å². The van der Waals surface area contributed by atoms with Crippen molar-refractivity contribution >= 4 is 23.2 Å². The summed E-state index contributed by atoms with van der Waals surface area (Å²) in [5.41, 5.74) is 2.57. The quantitative estimate of drug-likeness (QED) is 0.856. The zero-order valence-corrected chi connectivity index (χ0v) is 11.9. The Morgan fingerprint density at radius 2 is 2.10 bits per heavy atom. The summed E-state index contributed by atoms with van der Waals surface area (Å²) in [4.78, 5) is 29.8. The van der Waals surface area contributed by atoms with Crippen molar-refractivity contribution in [1.29, 1.82) is 0 Å². The maximum Gasteiger partial charge on any atom is 0.307 e. The highest BCUT2D eigenvalue weighted by Crippen LogP contribution is 2.48. The number of carbonyl (C=O) groups is 2. The Morgan fingerprint density at radius 1 is 1.40 bits per heavy atom. The minimum atomic E-state index is -0.859. The van der Waals surface area contributed by atoms with E-state index in [4.69, 9.17) is 0 Å². The molecule has 2 aliphatic rings. The molecule has 3 rings (SSSR count). The van der Waals surface area contributed by atoms with E-state index in [-0.39, 0.29) is 17.7 Å². The largest absolute Gasteiger partial charge is 0.481 e. The fraction of sp³-hybridized carbons (Fsp3) is 0.500. The highest BCUT2D eigenvalue weighted by molar-refractivity contribution is 7.07. The van der Waals surface area contributed by atoms with Gasteiger partial charge in [-0.1, -0.05) is 12.2 Å². The van der Waals surface area contributed by atoms with E-state index < -0.39 is 17.8 Å². The monoisotopic (exact) mass is 292 g/mol. The van der Waals surface area contributed by atoms with Crippen molar-refractivity contribution in [2.24, 2.45) is 23.7 Å². The highest BCUT2D eigenvalue weighted by Gasteiger charge is 2.52. The van der Waals surface area contributed by atoms with Crippen LogP contribution in [0.4, 0.5) is 0 Å². The molecule has 0 radical (unpaired) electrons. The molecule has 1 saturated carbocycles. The van der Waals surface area contributed by atoms with Gasteiger partial charge in [-0.05, 0) is 18.3 Å². The van der Waals surface area contributed by atoms with Crippen molar-refractivity contribution < 1.29 is 14.7 Å². The maximum atomic E-state index is 12.6. The maximum absolute atomic E-state index is 12.6. The van der Waals surface area contributed by atoms with E-state index in [1.54, 1.807) is 17.5 Å². The number of hydrogen-bond donors (Lipinski definition) is 1. The van der Waals surface area contributed by atoms with Gasteiger partial charge in [0.25, 0.3) is 0 Å². The van der Waals surface area contributed by atoms with Gasteiger partial charge in [0, 0.05) is 12.4 Å². The summed E-state index contributed by atoms with van der Waals surface area (Å²) in [5.74, 6) is -1.85. The van der Waals surface area contributed by atoms with Gasteiger partial charge >= 0.3 is 5.97 Å². The smallest absolute Gasteiger partial charge is 0.307 e. The molecule has 6 heteroatoms. The number of thiazole rings is 1. The number of carboxylic acids is 1. The Balaban J connectivity index is 1.76. The van der Waals surface area contributed by atoms with E-state index >= 15 is 0 Å². The molecule has 1 amide bonds. The SMILES string of the molecule is CN(Cc1cscn1)C(=O)[C@H]1C2C=CC(C2)[C@H]1C(=O)O. The normalized spacial score (nSPS) is 30.6. The van der Waals surface area contributed by atoms with E-state index in [1.807, 2.05) is 17.5 Å². The topological polar surface area (TPSA) is 70.5 Å². The van der Waals surface area contributed by atoms with Gasteiger partial charge in [0.1, 0.15) is 0 Å². The summed E-state index contributed by atoms with van der Waals surface area (Å²) in [5, 5.41) is 11.3. The Hall–Kier alpha value is -1.69. The lowest BCUT2D eigenvalue weighted by Crippen LogP contribution is -2.40. The average molecular weight is 292 g/mol. The van der Waals surface area contributed by atoms with Crippen molar-refractivity contribution in [2.45, 2.75) is 13.0 Å². The first-order chi connectivity index (χ1) is 9.58. The lowest BCUT2D eigenvalue weighted by atomic mass is 9.82. The summed E-state index contributed by atoms with van der Waals surface area (Å²) in [7, 11) is 1.72. The molecule has 0 aromatic carbocycles. The van der Waals surface area contributed by atoms with Gasteiger partial charge in [0.15, 0.2) is 0 Å². The third kappa shape index (κ3) is 2.14. The van der Waals surface area contributed by atoms with Gasteiger partial charge < -0.3 is 10.0 Å². The van der Waals surface area contributed by atoms with E-state index in [2.05, 4.69) is 4.98 Å². The number of aliphatic carboxylic acids is 1. The van der Waals surface area contributed by atoms with E-state index in [1.165, 1.54) is 11.3 Å². The zero-order chi connectivity index (χ0) is 14.3. The van der Waals surface area contributed by atoms with Crippen LogP contribution in [0.15, 0.2) is 23.0 Å². The molecule has 2 unspecified atom stereocenters. The Morgan fingerprint density at radius 3 is 2.70 bits per heavy atom. The Bertz CT molecular complexity index is 555. The van der Waals surface area contributed by atoms with Crippen LogP contribution in [0.25, 0.3) is 0 Å². The van der Waals surface area contributed by atoms with Crippen LogP contribution in [0.5, 0.6) is 0 Å². The fourth-order valence-corrected chi connectivity index (χ4v) is 3.94. The number of carbonyl (C=O) groups excluding carboxylic acids is 1. The molecule has 2 bridgehead atoms. The van der Waals surface area contributed by atoms with Gasteiger partial charge in [-0.25, -0.2) is 4.98 Å². The van der Waals surface area contributed by atoms with Crippen molar-refractivity contribution in [3.63, 3.8) is 0 Å². The lowest BCUT2D eigenvalue weighted by molar-refractivity contribution is -0.150. The summed E-state index contributed by atoms with van der Waals surface area (Å²) in [6.07, 6.45) is 4.74. The average Bonchev–Trinajstić information content (AvgIpc) is 3.12. The number of rotatable bonds is 4. The van der Waals surface area contributed by atoms with Crippen molar-refractivity contribution in [3.05, 3.63) is 28.7 Å². The van der Waals surface area contributed by atoms with E-state index in [9.17, 15) is 14.7 Å². The third-order valence-electron chi connectivity index (χ3n) is 4.29. The number of nitrogens with zero attached hydrogens (tertiary/aromatic N) is 2. The predicted molar refractivity (Wildman–Crippen MR) is 73.9 cm³/mol. The second-order valence-electron chi connectivity index (χ2n) is 5.51. The minimum absolute atomic E-state index is 0.0131. The molecule has 0 saturated heterocycles. The van der Waals surface area contributed by atoms with Gasteiger partial charge in [0.2, 0.25) is 5.91 Å². The van der Waals surface area contributed by atoms with Crippen LogP contribution < -0.4 is 0 Å². The molecule has 0 aliphatic heterocycles. The van der Waals surface area contributed by atoms with Gasteiger partial charge in [0.05, 0.1) is 29.6 Å². The van der Waals surface area contributed by atoms with Crippen LogP contribution in [-0.4, -0.2) is 33.9 Å². The minimum Gasteiger partial charge on any atom is -0.481 e. The Kier molecular flexibility index (Phi) is 3.33. The van der Waals surface area contributed by atoms with Crippen molar-refractivity contribution in [2.75, 3.05) is 7.05 Å². The molecule has 5 nitrogen and oxygen atoms in total. The molecule has 1 N–H and O–H groups in total. The van der Waals surface area contributed by atoms with Crippen molar-refractivity contribution in [1.82, 2.24) is 9.88 Å². The standard InChI is InChI=1S/C14H16N2O3S/c1-16(5-10-6-20-7-15-10)13(17)11-8-2-3-9(4-8)12(11)14(18)19/h2-3,6-9,11-12H,4-5H2,1H3,(H,18,19)/t8?,9?,11-,12+/m0/s1. The molecular formula is C14H16N2O3S. The number of allylic oxidation sites excluding steroid dienone is 2. The second kappa shape index (κ2) is 5.01. The van der Waals surface area contributed by atoms with Gasteiger partial charge in [-0.2, -0.15) is 0 Å². The van der Waals surface area contributed by atoms with Crippen LogP contribution in [0.3, 0.4) is 0 Å². The first-order valence-corrected chi connectivity index (χ1v) is 7.55.